The molecule has 1 atom stereocenters. The second kappa shape index (κ2) is 7.73. The number of hydrogen-bond donors (Lipinski definition) is 1. The average molecular weight is 406 g/mol. The van der Waals surface area contributed by atoms with Crippen molar-refractivity contribution in [3.8, 4) is 17.3 Å². The van der Waals surface area contributed by atoms with E-state index in [0.29, 0.717) is 28.6 Å². The highest BCUT2D eigenvalue weighted by Gasteiger charge is 2.15. The molecule has 9 heteroatoms. The van der Waals surface area contributed by atoms with Crippen LogP contribution >= 0.6 is 11.6 Å². The molecule has 1 amide bonds. The molecule has 0 aliphatic rings. The number of carbonyl (C=O) groups is 1. The molecule has 8 nitrogen and oxygen atoms in total. The molecule has 4 rings (SSSR count). The van der Waals surface area contributed by atoms with Crippen LogP contribution in [0.15, 0.2) is 55.1 Å². The Morgan fingerprint density at radius 3 is 2.97 bits per heavy atom. The van der Waals surface area contributed by atoms with Crippen molar-refractivity contribution in [2.24, 2.45) is 0 Å². The molecule has 0 fully saturated rings. The number of carbonyl (C=O) groups excluding carboxylic acids is 1. The van der Waals surface area contributed by atoms with Gasteiger partial charge in [-0.05, 0) is 31.2 Å². The summed E-state index contributed by atoms with van der Waals surface area (Å²) < 4.78 is 3.44. The highest BCUT2D eigenvalue weighted by Crippen LogP contribution is 2.24. The average Bonchev–Trinajstić information content (AvgIpc) is 3.34. The van der Waals surface area contributed by atoms with Crippen LogP contribution in [0.3, 0.4) is 0 Å². The van der Waals surface area contributed by atoms with Crippen molar-refractivity contribution >= 4 is 23.3 Å². The fourth-order valence-corrected chi connectivity index (χ4v) is 3.17. The number of nitrogens with one attached hydrogen (secondary N) is 1. The van der Waals surface area contributed by atoms with Gasteiger partial charge in [-0.2, -0.15) is 10.4 Å². The molecular weight excluding hydrogens is 390 g/mol. The van der Waals surface area contributed by atoms with E-state index >= 15 is 0 Å². The van der Waals surface area contributed by atoms with E-state index in [4.69, 9.17) is 16.9 Å². The molecule has 4 aromatic rings. The first kappa shape index (κ1) is 18.7. The Balaban J connectivity index is 1.42. The summed E-state index contributed by atoms with van der Waals surface area (Å²) in [6, 6.07) is 10.7. The second-order valence-electron chi connectivity index (χ2n) is 6.56. The molecule has 1 N–H and O–H groups in total. The van der Waals surface area contributed by atoms with Crippen LogP contribution in [0.5, 0.6) is 0 Å². The van der Waals surface area contributed by atoms with Crippen molar-refractivity contribution in [1.82, 2.24) is 29.5 Å². The highest BCUT2D eigenvalue weighted by atomic mass is 35.5. The third-order valence-corrected chi connectivity index (χ3v) is 4.65. The lowest BCUT2D eigenvalue weighted by atomic mass is 10.1. The van der Waals surface area contributed by atoms with Crippen molar-refractivity contribution in [3.63, 3.8) is 0 Å². The normalized spacial score (nSPS) is 11.9. The minimum absolute atomic E-state index is 0.169. The van der Waals surface area contributed by atoms with Crippen LogP contribution in [0.2, 0.25) is 5.02 Å². The molecule has 3 aromatic heterocycles. The number of nitrogens with zero attached hydrogens (tertiary/aromatic N) is 6. The maximum Gasteiger partial charge on any atom is 0.271 e. The number of aromatic nitrogens is 5. The zero-order valence-electron chi connectivity index (χ0n) is 15.5. The molecular formula is C20H16ClN7O. The smallest absolute Gasteiger partial charge is 0.271 e. The van der Waals surface area contributed by atoms with E-state index in [2.05, 4.69) is 20.4 Å². The standard InChI is InChI=1S/C20H16ClN7O/c1-13(24-19(29)18-12-27-7-2-6-23-20(27)25-18)11-28-8-5-17(26-28)14-3-4-15(10-22)16(21)9-14/h2-9,12-13H,11H2,1H3,(H,24,29). The van der Waals surface area contributed by atoms with Crippen LogP contribution in [-0.4, -0.2) is 36.1 Å². The first-order valence-corrected chi connectivity index (χ1v) is 9.25. The summed E-state index contributed by atoms with van der Waals surface area (Å²) in [5, 5.41) is 16.8. The van der Waals surface area contributed by atoms with Crippen LogP contribution in [0, 0.1) is 11.3 Å². The predicted octanol–water partition coefficient (Wildman–Crippen LogP) is 2.94. The lowest BCUT2D eigenvalue weighted by Gasteiger charge is -2.13. The first-order valence-electron chi connectivity index (χ1n) is 8.87. The first-order chi connectivity index (χ1) is 14.0. The van der Waals surface area contributed by atoms with Gasteiger partial charge in [-0.3, -0.25) is 13.9 Å². The maximum atomic E-state index is 12.5. The largest absolute Gasteiger partial charge is 0.346 e. The molecule has 0 bridgehead atoms. The highest BCUT2D eigenvalue weighted by molar-refractivity contribution is 6.32. The van der Waals surface area contributed by atoms with Crippen molar-refractivity contribution < 1.29 is 4.79 Å². The zero-order valence-corrected chi connectivity index (χ0v) is 16.2. The van der Waals surface area contributed by atoms with E-state index in [1.54, 1.807) is 51.9 Å². The number of rotatable bonds is 5. The minimum atomic E-state index is -0.269. The van der Waals surface area contributed by atoms with E-state index in [1.807, 2.05) is 25.3 Å². The number of imidazole rings is 1. The Morgan fingerprint density at radius 1 is 1.34 bits per heavy atom. The molecule has 144 valence electrons. The third kappa shape index (κ3) is 3.95. The molecule has 3 heterocycles. The predicted molar refractivity (Wildman–Crippen MR) is 107 cm³/mol. The number of fused-ring (bicyclic) bond motifs is 1. The minimum Gasteiger partial charge on any atom is -0.346 e. The Labute approximate surface area is 171 Å². The van der Waals surface area contributed by atoms with Gasteiger partial charge in [-0.15, -0.1) is 0 Å². The Hall–Kier alpha value is -3.70. The van der Waals surface area contributed by atoms with E-state index in [0.717, 1.165) is 11.3 Å². The molecule has 1 aromatic carbocycles. The molecule has 1 unspecified atom stereocenters. The van der Waals surface area contributed by atoms with Gasteiger partial charge in [0.05, 0.1) is 22.8 Å². The van der Waals surface area contributed by atoms with Gasteiger partial charge in [0.2, 0.25) is 5.78 Å². The fraction of sp³-hybridized carbons (Fsp3) is 0.150. The van der Waals surface area contributed by atoms with Crippen molar-refractivity contribution in [2.45, 2.75) is 19.5 Å². The van der Waals surface area contributed by atoms with Gasteiger partial charge in [0, 0.05) is 36.4 Å². The van der Waals surface area contributed by atoms with Gasteiger partial charge < -0.3 is 5.32 Å². The molecule has 0 saturated carbocycles. The Bertz CT molecular complexity index is 1200. The number of hydrogen-bond acceptors (Lipinski definition) is 5. The summed E-state index contributed by atoms with van der Waals surface area (Å²) in [5.74, 6) is 0.206. The van der Waals surface area contributed by atoms with Gasteiger partial charge >= 0.3 is 0 Å². The fourth-order valence-electron chi connectivity index (χ4n) is 2.95. The van der Waals surface area contributed by atoms with E-state index < -0.39 is 0 Å². The monoisotopic (exact) mass is 405 g/mol. The Morgan fingerprint density at radius 2 is 2.21 bits per heavy atom. The molecule has 0 spiro atoms. The number of amides is 1. The quantitative estimate of drug-likeness (QED) is 0.550. The van der Waals surface area contributed by atoms with Gasteiger partial charge in [0.15, 0.2) is 0 Å². The maximum absolute atomic E-state index is 12.5. The Kier molecular flexibility index (Phi) is 4.97. The van der Waals surface area contributed by atoms with Crippen molar-refractivity contribution in [2.75, 3.05) is 0 Å². The van der Waals surface area contributed by atoms with Gasteiger partial charge in [-0.1, -0.05) is 17.7 Å². The van der Waals surface area contributed by atoms with Gasteiger partial charge in [-0.25, -0.2) is 9.97 Å². The lowest BCUT2D eigenvalue weighted by Crippen LogP contribution is -2.36. The molecule has 0 radical (unpaired) electrons. The van der Waals surface area contributed by atoms with Gasteiger partial charge in [0.1, 0.15) is 11.8 Å². The number of nitriles is 1. The summed E-state index contributed by atoms with van der Waals surface area (Å²) in [4.78, 5) is 20.8. The SMILES string of the molecule is CC(Cn1ccc(-c2ccc(C#N)c(Cl)c2)n1)NC(=O)c1cn2cccnc2n1. The second-order valence-corrected chi connectivity index (χ2v) is 6.96. The lowest BCUT2D eigenvalue weighted by molar-refractivity contribution is 0.0931. The summed E-state index contributed by atoms with van der Waals surface area (Å²) >= 11 is 6.10. The van der Waals surface area contributed by atoms with Crippen LogP contribution < -0.4 is 5.32 Å². The summed E-state index contributed by atoms with van der Waals surface area (Å²) in [6.07, 6.45) is 6.89. The van der Waals surface area contributed by atoms with E-state index in [9.17, 15) is 4.79 Å². The van der Waals surface area contributed by atoms with Crippen LogP contribution in [0.25, 0.3) is 17.0 Å². The van der Waals surface area contributed by atoms with Crippen LogP contribution in [-0.2, 0) is 6.54 Å². The van der Waals surface area contributed by atoms with E-state index in [-0.39, 0.29) is 11.9 Å². The molecule has 0 saturated heterocycles. The molecule has 0 aliphatic carbocycles. The van der Waals surface area contributed by atoms with Crippen LogP contribution in [0.4, 0.5) is 0 Å². The van der Waals surface area contributed by atoms with Crippen molar-refractivity contribution in [1.29, 1.82) is 5.26 Å². The number of halogens is 1. The van der Waals surface area contributed by atoms with Crippen molar-refractivity contribution in [3.05, 3.63) is 71.4 Å². The summed E-state index contributed by atoms with van der Waals surface area (Å²) in [6.45, 7) is 2.38. The molecule has 29 heavy (non-hydrogen) atoms. The summed E-state index contributed by atoms with van der Waals surface area (Å²) in [5.41, 5.74) is 2.29. The zero-order chi connectivity index (χ0) is 20.4. The topological polar surface area (TPSA) is 101 Å². The number of benzene rings is 1. The summed E-state index contributed by atoms with van der Waals surface area (Å²) in [7, 11) is 0. The molecule has 0 aliphatic heterocycles. The van der Waals surface area contributed by atoms with E-state index in [1.165, 1.54) is 0 Å². The van der Waals surface area contributed by atoms with Gasteiger partial charge in [0.25, 0.3) is 5.91 Å². The van der Waals surface area contributed by atoms with Crippen LogP contribution in [0.1, 0.15) is 23.0 Å². The third-order valence-electron chi connectivity index (χ3n) is 4.33.